The lowest BCUT2D eigenvalue weighted by Gasteiger charge is -2.06. The number of benzene rings is 2. The summed E-state index contributed by atoms with van der Waals surface area (Å²) in [5.74, 6) is -0.445. The van der Waals surface area contributed by atoms with Crippen molar-refractivity contribution in [3.63, 3.8) is 0 Å². The van der Waals surface area contributed by atoms with E-state index in [-0.39, 0.29) is 13.2 Å². The number of rotatable bonds is 4. The highest BCUT2D eigenvalue weighted by Crippen LogP contribution is 2.32. The van der Waals surface area contributed by atoms with E-state index in [0.29, 0.717) is 5.56 Å². The summed E-state index contributed by atoms with van der Waals surface area (Å²) in [4.78, 5) is 16.6. The predicted octanol–water partition coefficient (Wildman–Crippen LogP) is 3.11. The number of carbonyl (C=O) groups is 1. The minimum Gasteiger partial charge on any atom is -0.460 e. The number of ether oxygens (including phenoxy) is 1. The topological polar surface area (TPSA) is 59.4 Å². The maximum atomic E-state index is 12.1. The summed E-state index contributed by atoms with van der Waals surface area (Å²) < 4.78 is 6.08. The van der Waals surface area contributed by atoms with Gasteiger partial charge >= 0.3 is 5.97 Å². The Labute approximate surface area is 125 Å². The molecule has 0 amide bonds. The smallest absolute Gasteiger partial charge is 0.338 e. The predicted molar refractivity (Wildman–Crippen MR) is 82.4 cm³/mol. The minimum atomic E-state index is -0.445. The van der Waals surface area contributed by atoms with E-state index in [4.69, 9.17) is 9.84 Å². The van der Waals surface area contributed by atoms with Gasteiger partial charge in [-0.05, 0) is 18.2 Å². The zero-order valence-corrected chi connectivity index (χ0v) is 12.0. The molecule has 1 N–H and O–H groups in total. The van der Waals surface area contributed by atoms with E-state index in [2.05, 4.69) is 4.98 Å². The average molecular weight is 299 g/mol. The number of para-hydroxylation sites is 1. The molecule has 2 aromatic carbocycles. The first kappa shape index (κ1) is 13.7. The molecule has 0 aliphatic rings. The van der Waals surface area contributed by atoms with Crippen LogP contribution in [0.3, 0.4) is 0 Å². The van der Waals surface area contributed by atoms with Gasteiger partial charge in [0.05, 0.1) is 22.4 Å². The van der Waals surface area contributed by atoms with E-state index >= 15 is 0 Å². The first-order valence-corrected chi connectivity index (χ1v) is 7.34. The molecule has 0 atom stereocenters. The molecule has 0 aliphatic heterocycles. The quantitative estimate of drug-likeness (QED) is 0.752. The van der Waals surface area contributed by atoms with Gasteiger partial charge < -0.3 is 9.84 Å². The number of aliphatic hydroxyl groups is 1. The van der Waals surface area contributed by atoms with E-state index in [0.717, 1.165) is 20.8 Å². The van der Waals surface area contributed by atoms with Crippen LogP contribution in [0.15, 0.2) is 48.5 Å². The second-order valence-corrected chi connectivity index (χ2v) is 5.42. The molecule has 4 nitrogen and oxygen atoms in total. The molecular weight excluding hydrogens is 286 g/mol. The Hall–Kier alpha value is -2.24. The number of carbonyl (C=O) groups excluding carboxylic acids is 1. The Morgan fingerprint density at radius 3 is 2.71 bits per heavy atom. The van der Waals surface area contributed by atoms with Crippen LogP contribution in [0, 0.1) is 0 Å². The van der Waals surface area contributed by atoms with Gasteiger partial charge in [-0.2, -0.15) is 0 Å². The number of thiazole rings is 1. The van der Waals surface area contributed by atoms with Crippen molar-refractivity contribution in [2.75, 3.05) is 13.2 Å². The summed E-state index contributed by atoms with van der Waals surface area (Å²) in [5.41, 5.74) is 2.13. The van der Waals surface area contributed by atoms with Crippen molar-refractivity contribution in [1.82, 2.24) is 4.98 Å². The van der Waals surface area contributed by atoms with Crippen LogP contribution in [-0.2, 0) is 4.74 Å². The number of nitrogens with zero attached hydrogens (tertiary/aromatic N) is 1. The van der Waals surface area contributed by atoms with Gasteiger partial charge in [-0.25, -0.2) is 9.78 Å². The van der Waals surface area contributed by atoms with E-state index in [9.17, 15) is 4.79 Å². The van der Waals surface area contributed by atoms with Gasteiger partial charge in [0.2, 0.25) is 0 Å². The molecule has 21 heavy (non-hydrogen) atoms. The monoisotopic (exact) mass is 299 g/mol. The molecule has 1 aromatic heterocycles. The number of aromatic nitrogens is 1. The van der Waals surface area contributed by atoms with E-state index < -0.39 is 5.97 Å². The van der Waals surface area contributed by atoms with Crippen LogP contribution < -0.4 is 0 Å². The Balaban J connectivity index is 2.03. The molecule has 0 saturated heterocycles. The molecule has 106 valence electrons. The van der Waals surface area contributed by atoms with Crippen LogP contribution in [-0.4, -0.2) is 29.3 Å². The van der Waals surface area contributed by atoms with Crippen LogP contribution in [0.25, 0.3) is 20.8 Å². The third kappa shape index (κ3) is 2.79. The van der Waals surface area contributed by atoms with Crippen LogP contribution in [0.5, 0.6) is 0 Å². The minimum absolute atomic E-state index is 0.00693. The van der Waals surface area contributed by atoms with Crippen molar-refractivity contribution in [2.45, 2.75) is 0 Å². The standard InChI is InChI=1S/C16H13NO3S/c18-9-10-20-16(19)12-6-2-1-5-11(12)15-17-13-7-3-4-8-14(13)21-15/h1-8,18H,9-10H2. The second-order valence-electron chi connectivity index (χ2n) is 4.39. The lowest BCUT2D eigenvalue weighted by Crippen LogP contribution is -2.09. The Morgan fingerprint density at radius 2 is 1.90 bits per heavy atom. The van der Waals surface area contributed by atoms with Crippen molar-refractivity contribution >= 4 is 27.5 Å². The lowest BCUT2D eigenvalue weighted by molar-refractivity contribution is 0.0434. The fraction of sp³-hybridized carbons (Fsp3) is 0.125. The Morgan fingerprint density at radius 1 is 1.14 bits per heavy atom. The number of hydrogen-bond donors (Lipinski definition) is 1. The first-order chi connectivity index (χ1) is 10.3. The number of aliphatic hydroxyl groups excluding tert-OH is 1. The third-order valence-electron chi connectivity index (χ3n) is 3.00. The van der Waals surface area contributed by atoms with Gasteiger partial charge in [0.25, 0.3) is 0 Å². The summed E-state index contributed by atoms with van der Waals surface area (Å²) in [7, 11) is 0. The van der Waals surface area contributed by atoms with Crippen molar-refractivity contribution < 1.29 is 14.6 Å². The molecule has 3 aromatic rings. The summed E-state index contributed by atoms with van der Waals surface area (Å²) in [5, 5.41) is 9.54. The van der Waals surface area contributed by atoms with Gasteiger partial charge in [0, 0.05) is 5.56 Å². The van der Waals surface area contributed by atoms with Crippen LogP contribution in [0.1, 0.15) is 10.4 Å². The largest absolute Gasteiger partial charge is 0.460 e. The molecule has 0 aliphatic carbocycles. The van der Waals surface area contributed by atoms with Gasteiger partial charge in [-0.1, -0.05) is 30.3 Å². The molecule has 0 bridgehead atoms. The fourth-order valence-electron chi connectivity index (χ4n) is 2.05. The van der Waals surface area contributed by atoms with Crippen LogP contribution >= 0.6 is 11.3 Å². The fourth-order valence-corrected chi connectivity index (χ4v) is 3.06. The van der Waals surface area contributed by atoms with Gasteiger partial charge in [0.15, 0.2) is 0 Å². The molecule has 0 fully saturated rings. The molecule has 1 heterocycles. The molecule has 0 spiro atoms. The molecule has 5 heteroatoms. The number of hydrogen-bond acceptors (Lipinski definition) is 5. The highest BCUT2D eigenvalue weighted by atomic mass is 32.1. The van der Waals surface area contributed by atoms with Gasteiger partial charge in [-0.3, -0.25) is 0 Å². The SMILES string of the molecule is O=C(OCCO)c1ccccc1-c1nc2ccccc2s1. The molecule has 0 saturated carbocycles. The lowest BCUT2D eigenvalue weighted by atomic mass is 10.1. The molecule has 0 unspecified atom stereocenters. The summed E-state index contributed by atoms with van der Waals surface area (Å²) in [6, 6.07) is 15.1. The van der Waals surface area contributed by atoms with Crippen molar-refractivity contribution in [2.24, 2.45) is 0 Å². The van der Waals surface area contributed by atoms with E-state index in [1.54, 1.807) is 12.1 Å². The molecular formula is C16H13NO3S. The van der Waals surface area contributed by atoms with E-state index in [1.807, 2.05) is 36.4 Å². The summed E-state index contributed by atoms with van der Waals surface area (Å²) in [6.07, 6.45) is 0. The van der Waals surface area contributed by atoms with Gasteiger partial charge in [-0.15, -0.1) is 11.3 Å². The molecule has 3 rings (SSSR count). The van der Waals surface area contributed by atoms with Crippen LogP contribution in [0.4, 0.5) is 0 Å². The average Bonchev–Trinajstić information content (AvgIpc) is 2.96. The van der Waals surface area contributed by atoms with Crippen LogP contribution in [0.2, 0.25) is 0 Å². The summed E-state index contributed by atoms with van der Waals surface area (Å²) in [6.45, 7) is -0.192. The number of esters is 1. The number of fused-ring (bicyclic) bond motifs is 1. The normalized spacial score (nSPS) is 10.7. The maximum absolute atomic E-state index is 12.1. The summed E-state index contributed by atoms with van der Waals surface area (Å²) >= 11 is 1.54. The maximum Gasteiger partial charge on any atom is 0.338 e. The van der Waals surface area contributed by atoms with E-state index in [1.165, 1.54) is 11.3 Å². The highest BCUT2D eigenvalue weighted by Gasteiger charge is 2.16. The Bertz CT molecular complexity index is 749. The highest BCUT2D eigenvalue weighted by molar-refractivity contribution is 7.21. The van der Waals surface area contributed by atoms with Crippen molar-refractivity contribution in [3.05, 3.63) is 54.1 Å². The van der Waals surface area contributed by atoms with Gasteiger partial charge in [0.1, 0.15) is 11.6 Å². The molecule has 0 radical (unpaired) electrons. The zero-order chi connectivity index (χ0) is 14.7. The van der Waals surface area contributed by atoms with Crippen molar-refractivity contribution in [1.29, 1.82) is 0 Å². The first-order valence-electron chi connectivity index (χ1n) is 6.52. The second kappa shape index (κ2) is 6.03. The zero-order valence-electron chi connectivity index (χ0n) is 11.2. The Kier molecular flexibility index (Phi) is 3.94. The third-order valence-corrected chi connectivity index (χ3v) is 4.07. The van der Waals surface area contributed by atoms with Crippen molar-refractivity contribution in [3.8, 4) is 10.6 Å².